The highest BCUT2D eigenvalue weighted by molar-refractivity contribution is 6.05. The summed E-state index contributed by atoms with van der Waals surface area (Å²) >= 11 is 0. The molecule has 0 radical (unpaired) electrons. The van der Waals surface area contributed by atoms with E-state index in [4.69, 9.17) is 14.4 Å². The van der Waals surface area contributed by atoms with Crippen LogP contribution >= 0.6 is 0 Å². The number of aromatic nitrogens is 3. The minimum absolute atomic E-state index is 0.672. The molecular formula is C60H39N3O. The maximum atomic E-state index is 6.92. The Labute approximate surface area is 371 Å². The van der Waals surface area contributed by atoms with Gasteiger partial charge in [0.2, 0.25) is 0 Å². The van der Waals surface area contributed by atoms with Crippen molar-refractivity contribution < 1.29 is 4.42 Å². The van der Waals surface area contributed by atoms with Crippen LogP contribution < -0.4 is 0 Å². The van der Waals surface area contributed by atoms with E-state index in [1.807, 2.05) is 12.1 Å². The molecule has 4 heteroatoms. The van der Waals surface area contributed by atoms with Crippen molar-refractivity contribution in [3.63, 3.8) is 0 Å². The number of nitrogens with zero attached hydrogens (tertiary/aromatic N) is 3. The molecule has 0 N–H and O–H groups in total. The molecule has 300 valence electrons. The smallest absolute Gasteiger partial charge is 0.160 e. The molecule has 0 amide bonds. The van der Waals surface area contributed by atoms with Crippen molar-refractivity contribution in [1.82, 2.24) is 14.5 Å². The average molecular weight is 818 g/mol. The molecular weight excluding hydrogens is 779 g/mol. The molecule has 0 aliphatic rings. The molecule has 3 heterocycles. The zero-order chi connectivity index (χ0) is 42.4. The summed E-state index contributed by atoms with van der Waals surface area (Å²) in [6.45, 7) is 0. The Morgan fingerprint density at radius 2 is 0.922 bits per heavy atom. The zero-order valence-electron chi connectivity index (χ0n) is 34.8. The van der Waals surface area contributed by atoms with Crippen molar-refractivity contribution in [1.29, 1.82) is 0 Å². The summed E-state index contributed by atoms with van der Waals surface area (Å²) in [4.78, 5) is 10.6. The number of hydrogen-bond donors (Lipinski definition) is 0. The summed E-state index contributed by atoms with van der Waals surface area (Å²) in [5, 5.41) is 3.18. The number of hydrogen-bond acceptors (Lipinski definition) is 3. The molecule has 0 spiro atoms. The van der Waals surface area contributed by atoms with Crippen molar-refractivity contribution >= 4 is 32.8 Å². The third-order valence-corrected chi connectivity index (χ3v) is 12.2. The van der Waals surface area contributed by atoms with Crippen LogP contribution in [0.15, 0.2) is 241 Å². The Kier molecular flexibility index (Phi) is 9.12. The number of benzene rings is 9. The van der Waals surface area contributed by atoms with Crippen molar-refractivity contribution in [3.8, 4) is 84.3 Å². The molecule has 64 heavy (non-hydrogen) atoms. The van der Waals surface area contributed by atoms with Crippen LogP contribution in [0.1, 0.15) is 0 Å². The van der Waals surface area contributed by atoms with E-state index in [0.29, 0.717) is 5.82 Å². The number of rotatable bonds is 8. The monoisotopic (exact) mass is 817 g/mol. The van der Waals surface area contributed by atoms with Gasteiger partial charge in [0.15, 0.2) is 5.82 Å². The highest BCUT2D eigenvalue weighted by Gasteiger charge is 2.23. The summed E-state index contributed by atoms with van der Waals surface area (Å²) in [7, 11) is 0. The lowest BCUT2D eigenvalue weighted by Gasteiger charge is -2.16. The molecule has 4 nitrogen and oxygen atoms in total. The second-order valence-electron chi connectivity index (χ2n) is 16.2. The fourth-order valence-corrected chi connectivity index (χ4v) is 9.15. The molecule has 0 unspecified atom stereocenters. The number of para-hydroxylation sites is 4. The summed E-state index contributed by atoms with van der Waals surface area (Å²) in [5.41, 5.74) is 16.5. The Hall–Kier alpha value is -8.60. The van der Waals surface area contributed by atoms with E-state index < -0.39 is 0 Å². The van der Waals surface area contributed by atoms with E-state index in [1.54, 1.807) is 0 Å². The van der Waals surface area contributed by atoms with Crippen LogP contribution in [-0.4, -0.2) is 14.5 Å². The molecule has 0 saturated heterocycles. The van der Waals surface area contributed by atoms with Gasteiger partial charge in [0.05, 0.1) is 22.4 Å². The zero-order valence-corrected chi connectivity index (χ0v) is 34.8. The van der Waals surface area contributed by atoms with E-state index >= 15 is 0 Å². The molecule has 12 aromatic rings. The molecule has 0 fully saturated rings. The molecule has 0 atom stereocenters. The van der Waals surface area contributed by atoms with Gasteiger partial charge in [-0.3, -0.25) is 0 Å². The van der Waals surface area contributed by atoms with Crippen LogP contribution in [0.4, 0.5) is 0 Å². The summed E-state index contributed by atoms with van der Waals surface area (Å²) in [6.07, 6.45) is 0. The van der Waals surface area contributed by atoms with E-state index in [-0.39, 0.29) is 0 Å². The maximum Gasteiger partial charge on any atom is 0.160 e. The van der Waals surface area contributed by atoms with E-state index in [1.165, 1.54) is 5.56 Å². The maximum absolute atomic E-state index is 6.92. The Morgan fingerprint density at radius 1 is 0.359 bits per heavy atom. The Morgan fingerprint density at radius 3 is 1.72 bits per heavy atom. The SMILES string of the molecule is c1ccc(-c2ccc(-c3nc(-c4cc(-c5c(-c6cccc(-c7ccccc7)c6)oc6ccccc56)cc(-c5cc6ccccc6n5-c5ccccc5)c4)c4ccccc4n3)cc2)cc1. The molecule has 9 aromatic carbocycles. The van der Waals surface area contributed by atoms with Crippen LogP contribution in [0.2, 0.25) is 0 Å². The minimum Gasteiger partial charge on any atom is -0.455 e. The van der Waals surface area contributed by atoms with Gasteiger partial charge in [0.25, 0.3) is 0 Å². The topological polar surface area (TPSA) is 43.9 Å². The predicted molar refractivity (Wildman–Crippen MR) is 264 cm³/mol. The summed E-state index contributed by atoms with van der Waals surface area (Å²) < 4.78 is 9.29. The minimum atomic E-state index is 0.672. The van der Waals surface area contributed by atoms with E-state index in [0.717, 1.165) is 106 Å². The number of fused-ring (bicyclic) bond motifs is 3. The standard InChI is InChI=1S/C60H39N3O/c1-4-17-40(18-5-1)42-31-33-43(34-32-42)60-61-53-28-13-11-26-51(53)58(62-60)49-37-47(55-39-45-21-10-14-29-54(45)63(55)50-24-8-3-9-25-50)36-48(38-49)57-52-27-12-15-30-56(52)64-59(57)46-23-16-22-44(35-46)41-19-6-2-7-20-41/h1-39H. The highest BCUT2D eigenvalue weighted by Crippen LogP contribution is 2.45. The van der Waals surface area contributed by atoms with Crippen molar-refractivity contribution in [2.45, 2.75) is 0 Å². The first kappa shape index (κ1) is 37.2. The van der Waals surface area contributed by atoms with E-state index in [2.05, 4.69) is 229 Å². The highest BCUT2D eigenvalue weighted by atomic mass is 16.3. The van der Waals surface area contributed by atoms with Crippen LogP contribution in [0.25, 0.3) is 117 Å². The molecule has 0 saturated carbocycles. The molecule has 3 aromatic heterocycles. The largest absolute Gasteiger partial charge is 0.455 e. The van der Waals surface area contributed by atoms with Gasteiger partial charge in [0, 0.05) is 44.1 Å². The van der Waals surface area contributed by atoms with Gasteiger partial charge in [-0.2, -0.15) is 0 Å². The van der Waals surface area contributed by atoms with Crippen LogP contribution in [0.3, 0.4) is 0 Å². The third-order valence-electron chi connectivity index (χ3n) is 12.2. The summed E-state index contributed by atoms with van der Waals surface area (Å²) in [6, 6.07) is 83.4. The normalized spacial score (nSPS) is 11.4. The second-order valence-corrected chi connectivity index (χ2v) is 16.2. The average Bonchev–Trinajstić information content (AvgIpc) is 3.97. The third kappa shape index (κ3) is 6.66. The fraction of sp³-hybridized carbons (Fsp3) is 0. The molecule has 0 aliphatic carbocycles. The first-order valence-corrected chi connectivity index (χ1v) is 21.6. The van der Waals surface area contributed by atoms with Gasteiger partial charge in [-0.15, -0.1) is 0 Å². The molecule has 0 aliphatic heterocycles. The van der Waals surface area contributed by atoms with Gasteiger partial charge < -0.3 is 8.98 Å². The first-order chi connectivity index (χ1) is 31.7. The van der Waals surface area contributed by atoms with E-state index in [9.17, 15) is 0 Å². The second kappa shape index (κ2) is 15.7. The van der Waals surface area contributed by atoms with Gasteiger partial charge in [-0.1, -0.05) is 176 Å². The quantitative estimate of drug-likeness (QED) is 0.153. The predicted octanol–water partition coefficient (Wildman–Crippen LogP) is 16.0. The lowest BCUT2D eigenvalue weighted by atomic mass is 9.92. The van der Waals surface area contributed by atoms with Gasteiger partial charge in [0.1, 0.15) is 11.3 Å². The van der Waals surface area contributed by atoms with Gasteiger partial charge >= 0.3 is 0 Å². The van der Waals surface area contributed by atoms with Crippen LogP contribution in [0, 0.1) is 0 Å². The Bertz CT molecular complexity index is 3640. The Balaban J connectivity index is 1.12. The lowest BCUT2D eigenvalue weighted by Crippen LogP contribution is -1.98. The van der Waals surface area contributed by atoms with Crippen molar-refractivity contribution in [3.05, 3.63) is 237 Å². The summed E-state index contributed by atoms with van der Waals surface area (Å²) in [5.74, 6) is 1.49. The molecule has 0 bridgehead atoms. The fourth-order valence-electron chi connectivity index (χ4n) is 9.15. The first-order valence-electron chi connectivity index (χ1n) is 21.6. The van der Waals surface area contributed by atoms with Crippen LogP contribution in [-0.2, 0) is 0 Å². The van der Waals surface area contributed by atoms with Crippen molar-refractivity contribution in [2.24, 2.45) is 0 Å². The molecule has 12 rings (SSSR count). The van der Waals surface area contributed by atoms with Gasteiger partial charge in [-0.25, -0.2) is 9.97 Å². The lowest BCUT2D eigenvalue weighted by molar-refractivity contribution is 0.632. The van der Waals surface area contributed by atoms with Gasteiger partial charge in [-0.05, 0) is 94.0 Å². The number of furan rings is 1. The van der Waals surface area contributed by atoms with Crippen molar-refractivity contribution in [2.75, 3.05) is 0 Å². The van der Waals surface area contributed by atoms with Crippen LogP contribution in [0.5, 0.6) is 0 Å².